The molecule has 136 valence electrons. The van der Waals surface area contributed by atoms with Crippen molar-refractivity contribution in [3.8, 4) is 0 Å². The highest BCUT2D eigenvalue weighted by molar-refractivity contribution is 4.92. The Labute approximate surface area is 147 Å². The van der Waals surface area contributed by atoms with Gasteiger partial charge in [-0.05, 0) is 91.3 Å². The Morgan fingerprint density at radius 1 is 0.652 bits per heavy atom. The smallest absolute Gasteiger partial charge is 0.0350 e. The Kier molecular flexibility index (Phi) is 6.66. The number of hydrogen-bond donors (Lipinski definition) is 0. The van der Waals surface area contributed by atoms with Crippen molar-refractivity contribution in [1.82, 2.24) is 0 Å². The zero-order chi connectivity index (χ0) is 17.3. The molecular formula is C23H44. The van der Waals surface area contributed by atoms with E-state index in [2.05, 4.69) is 55.4 Å². The molecule has 2 aliphatic rings. The molecule has 0 heterocycles. The Bertz CT molecular complexity index is 327. The largest absolute Gasteiger partial charge is 0.0628 e. The zero-order valence-electron chi connectivity index (χ0n) is 17.3. The first kappa shape index (κ1) is 19.3. The van der Waals surface area contributed by atoms with Crippen LogP contribution in [0, 0.1) is 59.2 Å². The lowest BCUT2D eigenvalue weighted by Gasteiger charge is -2.50. The van der Waals surface area contributed by atoms with Crippen LogP contribution in [0.15, 0.2) is 0 Å². The average Bonchev–Trinajstić information content (AvgIpc) is 2.44. The highest BCUT2D eigenvalue weighted by atomic mass is 14.5. The van der Waals surface area contributed by atoms with Crippen molar-refractivity contribution in [2.45, 2.75) is 87.5 Å². The van der Waals surface area contributed by atoms with Gasteiger partial charge in [0.15, 0.2) is 0 Å². The Morgan fingerprint density at radius 3 is 1.39 bits per heavy atom. The Hall–Kier alpha value is 0. The molecule has 0 saturated heterocycles. The van der Waals surface area contributed by atoms with E-state index in [0.717, 1.165) is 59.2 Å². The van der Waals surface area contributed by atoms with Crippen molar-refractivity contribution in [2.24, 2.45) is 59.2 Å². The molecule has 0 N–H and O–H groups in total. The molecule has 0 spiro atoms. The van der Waals surface area contributed by atoms with Gasteiger partial charge in [-0.25, -0.2) is 0 Å². The maximum atomic E-state index is 2.58. The molecule has 2 saturated carbocycles. The molecule has 2 fully saturated rings. The molecule has 0 aliphatic heterocycles. The standard InChI is InChI=1S/C23H44/c1-14(2)9-23(21-12-15(3)10-17(5)19(21)7)22-13-16(4)11-18(6)20(22)8/h14-23H,9-13H2,1-8H3. The fourth-order valence-corrected chi connectivity index (χ4v) is 6.43. The normalized spacial score (nSPS) is 46.8. The molecule has 2 aliphatic carbocycles. The molecule has 0 aromatic carbocycles. The van der Waals surface area contributed by atoms with Crippen LogP contribution in [0.25, 0.3) is 0 Å². The third-order valence-electron chi connectivity index (χ3n) is 7.89. The van der Waals surface area contributed by atoms with Crippen molar-refractivity contribution in [1.29, 1.82) is 0 Å². The third-order valence-corrected chi connectivity index (χ3v) is 7.89. The summed E-state index contributed by atoms with van der Waals surface area (Å²) in [4.78, 5) is 0. The van der Waals surface area contributed by atoms with Crippen molar-refractivity contribution >= 4 is 0 Å². The zero-order valence-corrected chi connectivity index (χ0v) is 17.3. The fourth-order valence-electron chi connectivity index (χ4n) is 6.43. The molecule has 0 aromatic heterocycles. The molecular weight excluding hydrogens is 276 g/mol. The molecule has 23 heavy (non-hydrogen) atoms. The van der Waals surface area contributed by atoms with Crippen LogP contribution < -0.4 is 0 Å². The average molecular weight is 321 g/mol. The van der Waals surface area contributed by atoms with Gasteiger partial charge in [-0.1, -0.05) is 55.4 Å². The van der Waals surface area contributed by atoms with Crippen LogP contribution in [0.4, 0.5) is 0 Å². The Morgan fingerprint density at radius 2 is 1.04 bits per heavy atom. The van der Waals surface area contributed by atoms with Gasteiger partial charge in [0.2, 0.25) is 0 Å². The Balaban J connectivity index is 2.24. The third kappa shape index (κ3) is 4.55. The first-order valence-corrected chi connectivity index (χ1v) is 10.7. The predicted octanol–water partition coefficient (Wildman–Crippen LogP) is 7.29. The SMILES string of the molecule is CC(C)CC(C1CC(C)CC(C)C1C)C1CC(C)CC(C)C1C. The van der Waals surface area contributed by atoms with E-state index in [9.17, 15) is 0 Å². The molecule has 2 rings (SSSR count). The quantitative estimate of drug-likeness (QED) is 0.510. The van der Waals surface area contributed by atoms with Crippen LogP contribution in [0.2, 0.25) is 0 Å². The maximum Gasteiger partial charge on any atom is -0.0350 e. The summed E-state index contributed by atoms with van der Waals surface area (Å²) in [6.07, 6.45) is 7.37. The highest BCUT2D eigenvalue weighted by Crippen LogP contribution is 2.51. The summed E-state index contributed by atoms with van der Waals surface area (Å²) in [6.45, 7) is 20.1. The van der Waals surface area contributed by atoms with Gasteiger partial charge in [-0.2, -0.15) is 0 Å². The fraction of sp³-hybridized carbons (Fsp3) is 1.00. The molecule has 0 bridgehead atoms. The maximum absolute atomic E-state index is 2.58. The van der Waals surface area contributed by atoms with Crippen LogP contribution in [0.1, 0.15) is 87.5 Å². The summed E-state index contributed by atoms with van der Waals surface area (Å²) in [7, 11) is 0. The van der Waals surface area contributed by atoms with Gasteiger partial charge in [-0.3, -0.25) is 0 Å². The summed E-state index contributed by atoms with van der Waals surface area (Å²) >= 11 is 0. The van der Waals surface area contributed by atoms with Crippen molar-refractivity contribution in [3.05, 3.63) is 0 Å². The molecule has 0 radical (unpaired) electrons. The van der Waals surface area contributed by atoms with Gasteiger partial charge in [0, 0.05) is 0 Å². The van der Waals surface area contributed by atoms with Crippen molar-refractivity contribution in [2.75, 3.05) is 0 Å². The molecule has 8 unspecified atom stereocenters. The lowest BCUT2D eigenvalue weighted by Crippen LogP contribution is -2.42. The lowest BCUT2D eigenvalue weighted by atomic mass is 9.56. The first-order chi connectivity index (χ1) is 10.7. The number of rotatable bonds is 4. The minimum atomic E-state index is 0.847. The second-order valence-corrected chi connectivity index (χ2v) is 10.4. The van der Waals surface area contributed by atoms with Gasteiger partial charge in [0.05, 0.1) is 0 Å². The van der Waals surface area contributed by atoms with Crippen LogP contribution in [0.3, 0.4) is 0 Å². The predicted molar refractivity (Wildman–Crippen MR) is 103 cm³/mol. The summed E-state index contributed by atoms with van der Waals surface area (Å²) in [5.74, 6) is 9.34. The van der Waals surface area contributed by atoms with E-state index in [-0.39, 0.29) is 0 Å². The molecule has 8 atom stereocenters. The molecule has 0 heteroatoms. The van der Waals surface area contributed by atoms with Gasteiger partial charge < -0.3 is 0 Å². The molecule has 0 nitrogen and oxygen atoms in total. The summed E-state index contributed by atoms with van der Waals surface area (Å²) < 4.78 is 0. The minimum absolute atomic E-state index is 0.847. The van der Waals surface area contributed by atoms with Gasteiger partial charge in [0.25, 0.3) is 0 Å². The van der Waals surface area contributed by atoms with Crippen LogP contribution in [0.5, 0.6) is 0 Å². The van der Waals surface area contributed by atoms with Crippen LogP contribution in [-0.4, -0.2) is 0 Å². The molecule has 0 aromatic rings. The summed E-state index contributed by atoms with van der Waals surface area (Å²) in [6, 6.07) is 0. The van der Waals surface area contributed by atoms with Gasteiger partial charge in [-0.15, -0.1) is 0 Å². The topological polar surface area (TPSA) is 0 Å². The van der Waals surface area contributed by atoms with E-state index in [1.54, 1.807) is 0 Å². The van der Waals surface area contributed by atoms with Gasteiger partial charge >= 0.3 is 0 Å². The van der Waals surface area contributed by atoms with E-state index in [4.69, 9.17) is 0 Å². The summed E-state index contributed by atoms with van der Waals surface area (Å²) in [5, 5.41) is 0. The van der Waals surface area contributed by atoms with Crippen molar-refractivity contribution < 1.29 is 0 Å². The van der Waals surface area contributed by atoms with E-state index in [1.165, 1.54) is 32.1 Å². The van der Waals surface area contributed by atoms with Crippen LogP contribution in [-0.2, 0) is 0 Å². The first-order valence-electron chi connectivity index (χ1n) is 10.7. The van der Waals surface area contributed by atoms with Crippen molar-refractivity contribution in [3.63, 3.8) is 0 Å². The van der Waals surface area contributed by atoms with E-state index in [1.807, 2.05) is 0 Å². The monoisotopic (exact) mass is 320 g/mol. The highest BCUT2D eigenvalue weighted by Gasteiger charge is 2.43. The number of hydrogen-bond acceptors (Lipinski definition) is 0. The van der Waals surface area contributed by atoms with E-state index >= 15 is 0 Å². The lowest BCUT2D eigenvalue weighted by molar-refractivity contribution is -0.00345. The second-order valence-electron chi connectivity index (χ2n) is 10.4. The minimum Gasteiger partial charge on any atom is -0.0628 e. The van der Waals surface area contributed by atoms with Gasteiger partial charge in [0.1, 0.15) is 0 Å². The van der Waals surface area contributed by atoms with Crippen LogP contribution >= 0.6 is 0 Å². The van der Waals surface area contributed by atoms with E-state index in [0.29, 0.717) is 0 Å². The molecule has 0 amide bonds. The second kappa shape index (κ2) is 7.92. The van der Waals surface area contributed by atoms with E-state index < -0.39 is 0 Å². The summed E-state index contributed by atoms with van der Waals surface area (Å²) in [5.41, 5.74) is 0.